The van der Waals surface area contributed by atoms with Crippen molar-refractivity contribution in [3.05, 3.63) is 59.4 Å². The molecule has 0 aliphatic carbocycles. The molecule has 5 nitrogen and oxygen atoms in total. The number of nitrogens with zero attached hydrogens (tertiary/aromatic N) is 4. The maximum atomic E-state index is 9.30. The van der Waals surface area contributed by atoms with E-state index in [-0.39, 0.29) is 5.25 Å². The summed E-state index contributed by atoms with van der Waals surface area (Å²) in [7, 11) is 1.87. The molecule has 0 aliphatic heterocycles. The molecule has 2 aromatic carbocycles. The molecule has 0 bridgehead atoms. The van der Waals surface area contributed by atoms with E-state index >= 15 is 0 Å². The second-order valence-electron chi connectivity index (χ2n) is 5.22. The van der Waals surface area contributed by atoms with Crippen LogP contribution in [0.25, 0.3) is 11.4 Å². The third kappa shape index (κ3) is 4.24. The Labute approximate surface area is 155 Å². The lowest BCUT2D eigenvalue weighted by atomic mass is 10.2. The fourth-order valence-electron chi connectivity index (χ4n) is 2.19. The Morgan fingerprint density at radius 2 is 1.96 bits per heavy atom. The SMILES string of the molecule is Cn1c(-c2ccc(N=CC(C#N)Sc3ccccc3)cc2)n[nH]c1=S. The van der Waals surface area contributed by atoms with Crippen LogP contribution in [0.1, 0.15) is 0 Å². The molecular formula is C18H15N5S2. The van der Waals surface area contributed by atoms with E-state index < -0.39 is 0 Å². The van der Waals surface area contributed by atoms with E-state index in [1.54, 1.807) is 6.21 Å². The molecule has 3 rings (SSSR count). The Bertz CT molecular complexity index is 965. The minimum Gasteiger partial charge on any atom is -0.303 e. The van der Waals surface area contributed by atoms with Crippen LogP contribution >= 0.6 is 24.0 Å². The summed E-state index contributed by atoms with van der Waals surface area (Å²) < 4.78 is 2.39. The van der Waals surface area contributed by atoms with Gasteiger partial charge in [0.15, 0.2) is 10.6 Å². The molecule has 1 aromatic heterocycles. The topological polar surface area (TPSA) is 69.8 Å². The molecule has 0 amide bonds. The zero-order valence-corrected chi connectivity index (χ0v) is 15.1. The summed E-state index contributed by atoms with van der Waals surface area (Å²) in [6.45, 7) is 0. The van der Waals surface area contributed by atoms with Crippen LogP contribution in [0.3, 0.4) is 0 Å². The van der Waals surface area contributed by atoms with Gasteiger partial charge in [0, 0.05) is 23.7 Å². The van der Waals surface area contributed by atoms with Crippen LogP contribution < -0.4 is 0 Å². The Kier molecular flexibility index (Phi) is 5.43. The first-order chi connectivity index (χ1) is 12.2. The molecule has 0 saturated carbocycles. The number of thioether (sulfide) groups is 1. The van der Waals surface area contributed by atoms with Gasteiger partial charge in [-0.15, -0.1) is 11.8 Å². The van der Waals surface area contributed by atoms with Crippen molar-refractivity contribution in [3.8, 4) is 17.5 Å². The van der Waals surface area contributed by atoms with Crippen LogP contribution in [-0.2, 0) is 7.05 Å². The zero-order chi connectivity index (χ0) is 17.6. The minimum absolute atomic E-state index is 0.339. The van der Waals surface area contributed by atoms with Gasteiger partial charge < -0.3 is 4.57 Å². The van der Waals surface area contributed by atoms with Crippen molar-refractivity contribution in [3.63, 3.8) is 0 Å². The van der Waals surface area contributed by atoms with Crippen molar-refractivity contribution in [1.82, 2.24) is 14.8 Å². The molecule has 25 heavy (non-hydrogen) atoms. The number of hydrogen-bond acceptors (Lipinski definition) is 5. The molecule has 1 unspecified atom stereocenters. The highest BCUT2D eigenvalue weighted by atomic mass is 32.2. The first-order valence-electron chi connectivity index (χ1n) is 7.55. The van der Waals surface area contributed by atoms with Gasteiger partial charge in [0.25, 0.3) is 0 Å². The lowest BCUT2D eigenvalue weighted by molar-refractivity contribution is 0.902. The van der Waals surface area contributed by atoms with Gasteiger partial charge in [-0.2, -0.15) is 10.4 Å². The second kappa shape index (κ2) is 7.92. The number of hydrogen-bond donors (Lipinski definition) is 1. The smallest absolute Gasteiger partial charge is 0.195 e. The normalized spacial score (nSPS) is 12.2. The standard InChI is InChI=1S/C18H15N5S2/c1-23-17(21-22-18(23)24)13-7-9-14(10-8-13)20-12-16(11-19)25-15-5-3-2-4-6-15/h2-10,12,16H,1H3,(H,22,24). The fourth-order valence-corrected chi connectivity index (χ4v) is 3.11. The zero-order valence-electron chi connectivity index (χ0n) is 13.5. The fraction of sp³-hybridized carbons (Fsp3) is 0.111. The van der Waals surface area contributed by atoms with Crippen molar-refractivity contribution < 1.29 is 0 Å². The largest absolute Gasteiger partial charge is 0.303 e. The van der Waals surface area contributed by atoms with Gasteiger partial charge in [0.1, 0.15) is 5.25 Å². The molecule has 0 spiro atoms. The number of aromatic nitrogens is 3. The second-order valence-corrected chi connectivity index (χ2v) is 6.82. The van der Waals surface area contributed by atoms with Crippen LogP contribution in [0, 0.1) is 16.1 Å². The lowest BCUT2D eigenvalue weighted by Gasteiger charge is -2.04. The number of rotatable bonds is 5. The van der Waals surface area contributed by atoms with Gasteiger partial charge in [-0.1, -0.05) is 18.2 Å². The average molecular weight is 365 g/mol. The van der Waals surface area contributed by atoms with Crippen molar-refractivity contribution in [2.75, 3.05) is 0 Å². The summed E-state index contributed by atoms with van der Waals surface area (Å²) in [5, 5.41) is 15.9. The van der Waals surface area contributed by atoms with Crippen molar-refractivity contribution >= 4 is 35.9 Å². The Morgan fingerprint density at radius 3 is 2.56 bits per heavy atom. The van der Waals surface area contributed by atoms with E-state index in [0.717, 1.165) is 22.0 Å². The van der Waals surface area contributed by atoms with Crippen LogP contribution in [0.15, 0.2) is 64.5 Å². The third-order valence-corrected chi connectivity index (χ3v) is 4.89. The number of nitriles is 1. The molecule has 3 aromatic rings. The van der Waals surface area contributed by atoms with Gasteiger partial charge in [-0.25, -0.2) is 0 Å². The van der Waals surface area contributed by atoms with Gasteiger partial charge in [0.05, 0.1) is 11.8 Å². The van der Waals surface area contributed by atoms with Gasteiger partial charge in [-0.05, 0) is 48.6 Å². The highest BCUT2D eigenvalue weighted by molar-refractivity contribution is 8.00. The molecule has 1 atom stereocenters. The number of benzene rings is 2. The number of H-pyrrole nitrogens is 1. The molecular weight excluding hydrogens is 350 g/mol. The summed E-state index contributed by atoms with van der Waals surface area (Å²) in [6.07, 6.45) is 1.67. The summed E-state index contributed by atoms with van der Waals surface area (Å²) in [5.41, 5.74) is 1.73. The highest BCUT2D eigenvalue weighted by Crippen LogP contribution is 2.23. The Balaban J connectivity index is 1.72. The maximum Gasteiger partial charge on any atom is 0.195 e. The first-order valence-corrected chi connectivity index (χ1v) is 8.83. The number of nitrogens with one attached hydrogen (secondary N) is 1. The summed E-state index contributed by atoms with van der Waals surface area (Å²) >= 11 is 6.60. The summed E-state index contributed by atoms with van der Waals surface area (Å²) in [4.78, 5) is 5.46. The summed E-state index contributed by atoms with van der Waals surface area (Å²) in [5.74, 6) is 0.773. The molecule has 0 fully saturated rings. The van der Waals surface area contributed by atoms with Crippen molar-refractivity contribution in [2.45, 2.75) is 10.1 Å². The molecule has 7 heteroatoms. The first kappa shape index (κ1) is 17.1. The molecule has 124 valence electrons. The van der Waals surface area contributed by atoms with Crippen LogP contribution in [0.5, 0.6) is 0 Å². The Morgan fingerprint density at radius 1 is 1.24 bits per heavy atom. The molecule has 0 aliphatic rings. The van der Waals surface area contributed by atoms with E-state index in [0.29, 0.717) is 4.77 Å². The van der Waals surface area contributed by atoms with Gasteiger partial charge in [-0.3, -0.25) is 10.1 Å². The average Bonchev–Trinajstić information content (AvgIpc) is 2.99. The quantitative estimate of drug-likeness (QED) is 0.410. The molecule has 0 radical (unpaired) electrons. The van der Waals surface area contributed by atoms with E-state index in [4.69, 9.17) is 12.2 Å². The molecule has 1 heterocycles. The number of aromatic amines is 1. The predicted molar refractivity (Wildman–Crippen MR) is 104 cm³/mol. The maximum absolute atomic E-state index is 9.30. The monoisotopic (exact) mass is 365 g/mol. The van der Waals surface area contributed by atoms with Crippen molar-refractivity contribution in [2.24, 2.45) is 12.0 Å². The lowest BCUT2D eigenvalue weighted by Crippen LogP contribution is -1.99. The predicted octanol–water partition coefficient (Wildman–Crippen LogP) is 4.53. The third-order valence-electron chi connectivity index (χ3n) is 3.50. The van der Waals surface area contributed by atoms with Crippen molar-refractivity contribution in [1.29, 1.82) is 5.26 Å². The van der Waals surface area contributed by atoms with E-state index in [2.05, 4.69) is 21.3 Å². The van der Waals surface area contributed by atoms with Crippen LogP contribution in [-0.4, -0.2) is 26.2 Å². The van der Waals surface area contributed by atoms with Crippen LogP contribution in [0.2, 0.25) is 0 Å². The molecule has 1 N–H and O–H groups in total. The highest BCUT2D eigenvalue weighted by Gasteiger charge is 2.07. The van der Waals surface area contributed by atoms with Gasteiger partial charge in [0.2, 0.25) is 0 Å². The molecule has 0 saturated heterocycles. The van der Waals surface area contributed by atoms with E-state index in [1.165, 1.54) is 11.8 Å². The Hall–Kier alpha value is -2.69. The van der Waals surface area contributed by atoms with E-state index in [1.807, 2.05) is 66.2 Å². The van der Waals surface area contributed by atoms with Gasteiger partial charge >= 0.3 is 0 Å². The van der Waals surface area contributed by atoms with E-state index in [9.17, 15) is 5.26 Å². The summed E-state index contributed by atoms with van der Waals surface area (Å²) in [6, 6.07) is 19.7. The minimum atomic E-state index is -0.339. The number of aliphatic imine (C=N–C) groups is 1. The van der Waals surface area contributed by atoms with Crippen LogP contribution in [0.4, 0.5) is 5.69 Å².